The number of sulfonamides is 2. The number of nitrogens with one attached hydrogen (secondary N) is 1. The Balaban J connectivity index is 1.62. The highest BCUT2D eigenvalue weighted by Gasteiger charge is 2.28. The van der Waals surface area contributed by atoms with E-state index < -0.39 is 20.0 Å². The van der Waals surface area contributed by atoms with Gasteiger partial charge in [0.2, 0.25) is 20.0 Å². The summed E-state index contributed by atoms with van der Waals surface area (Å²) in [5, 5.41) is 2.79. The van der Waals surface area contributed by atoms with Crippen LogP contribution in [0.1, 0.15) is 36.2 Å². The quantitative estimate of drug-likeness (QED) is 0.675. The van der Waals surface area contributed by atoms with Gasteiger partial charge in [0.05, 0.1) is 16.3 Å². The van der Waals surface area contributed by atoms with Crippen molar-refractivity contribution in [1.82, 2.24) is 9.62 Å². The van der Waals surface area contributed by atoms with Crippen LogP contribution in [0.5, 0.6) is 0 Å². The molecule has 1 heterocycles. The zero-order valence-corrected chi connectivity index (χ0v) is 19.4. The van der Waals surface area contributed by atoms with Gasteiger partial charge in [-0.2, -0.15) is 4.31 Å². The summed E-state index contributed by atoms with van der Waals surface area (Å²) in [5.74, 6) is -0.157. The molecule has 0 bridgehead atoms. The summed E-state index contributed by atoms with van der Waals surface area (Å²) in [6, 6.07) is 12.7. The molecule has 3 rings (SSSR count). The van der Waals surface area contributed by atoms with Crippen LogP contribution >= 0.6 is 0 Å². The van der Waals surface area contributed by atoms with Gasteiger partial charge in [-0.3, -0.25) is 9.10 Å². The van der Waals surface area contributed by atoms with Gasteiger partial charge in [0.1, 0.15) is 0 Å². The molecule has 31 heavy (non-hydrogen) atoms. The van der Waals surface area contributed by atoms with Crippen molar-refractivity contribution in [2.24, 2.45) is 0 Å². The number of nitrogens with zero attached hydrogens (tertiary/aromatic N) is 2. The fourth-order valence-corrected chi connectivity index (χ4v) is 6.15. The lowest BCUT2D eigenvalue weighted by Gasteiger charge is -2.21. The van der Waals surface area contributed by atoms with E-state index in [1.165, 1.54) is 20.7 Å². The van der Waals surface area contributed by atoms with Crippen LogP contribution in [0.15, 0.2) is 53.4 Å². The summed E-state index contributed by atoms with van der Waals surface area (Å²) >= 11 is 0. The van der Waals surface area contributed by atoms with Crippen molar-refractivity contribution in [2.75, 3.05) is 23.7 Å². The number of hydrogen-bond acceptors (Lipinski definition) is 5. The number of amides is 1. The molecule has 0 saturated carbocycles. The number of carbonyl (C=O) groups is 1. The maximum Gasteiger partial charge on any atom is 0.251 e. The van der Waals surface area contributed by atoms with Crippen molar-refractivity contribution in [3.8, 4) is 0 Å². The van der Waals surface area contributed by atoms with E-state index in [-0.39, 0.29) is 29.1 Å². The van der Waals surface area contributed by atoms with Gasteiger partial charge in [-0.05, 0) is 62.2 Å². The first-order chi connectivity index (χ1) is 14.5. The van der Waals surface area contributed by atoms with Crippen LogP contribution in [-0.2, 0) is 26.6 Å². The highest BCUT2D eigenvalue weighted by atomic mass is 32.2. The first-order valence-corrected chi connectivity index (χ1v) is 13.0. The van der Waals surface area contributed by atoms with E-state index in [1.807, 2.05) is 0 Å². The second-order valence-corrected chi connectivity index (χ2v) is 11.7. The van der Waals surface area contributed by atoms with Gasteiger partial charge in [0, 0.05) is 31.7 Å². The molecule has 2 aromatic rings. The molecular weight excluding hydrogens is 438 g/mol. The lowest BCUT2D eigenvalue weighted by atomic mass is 10.1. The molecule has 0 aromatic heterocycles. The Morgan fingerprint density at radius 3 is 2.23 bits per heavy atom. The van der Waals surface area contributed by atoms with Crippen LogP contribution in [0, 0.1) is 0 Å². The fraction of sp³-hybridized carbons (Fsp3) is 0.381. The van der Waals surface area contributed by atoms with Crippen LogP contribution in [-0.4, -0.2) is 52.4 Å². The summed E-state index contributed by atoms with van der Waals surface area (Å²) in [6.07, 6.45) is 0.596. The minimum atomic E-state index is -3.55. The van der Waals surface area contributed by atoms with Gasteiger partial charge < -0.3 is 5.32 Å². The molecule has 1 fully saturated rings. The van der Waals surface area contributed by atoms with Gasteiger partial charge in [0.25, 0.3) is 5.91 Å². The average molecular weight is 466 g/mol. The summed E-state index contributed by atoms with van der Waals surface area (Å²) in [7, 11) is -5.27. The van der Waals surface area contributed by atoms with Gasteiger partial charge in [-0.1, -0.05) is 12.1 Å². The van der Waals surface area contributed by atoms with Crippen molar-refractivity contribution >= 4 is 31.6 Å². The molecule has 0 atom stereocenters. The summed E-state index contributed by atoms with van der Waals surface area (Å²) in [6.45, 7) is 4.30. The number of rotatable bonds is 7. The summed E-state index contributed by atoms with van der Waals surface area (Å²) < 4.78 is 51.7. The highest BCUT2D eigenvalue weighted by molar-refractivity contribution is 7.93. The number of hydrogen-bond donors (Lipinski definition) is 1. The number of carbonyl (C=O) groups excluding carboxylic acids is 1. The van der Waals surface area contributed by atoms with Gasteiger partial charge in [0.15, 0.2) is 0 Å². The van der Waals surface area contributed by atoms with Crippen LogP contribution in [0.2, 0.25) is 0 Å². The molecule has 1 saturated heterocycles. The number of benzene rings is 2. The normalized spacial score (nSPS) is 16.1. The van der Waals surface area contributed by atoms with E-state index in [0.29, 0.717) is 24.2 Å². The Hall–Kier alpha value is -2.43. The predicted octanol–water partition coefficient (Wildman–Crippen LogP) is 2.19. The van der Waals surface area contributed by atoms with Crippen LogP contribution in [0.25, 0.3) is 0 Å². The van der Waals surface area contributed by atoms with E-state index in [1.54, 1.807) is 57.3 Å². The van der Waals surface area contributed by atoms with E-state index in [0.717, 1.165) is 5.56 Å². The molecule has 10 heteroatoms. The fourth-order valence-electron chi connectivity index (χ4n) is 3.22. The second-order valence-electron chi connectivity index (χ2n) is 7.73. The smallest absolute Gasteiger partial charge is 0.251 e. The van der Waals surface area contributed by atoms with Gasteiger partial charge >= 0.3 is 0 Å². The minimum absolute atomic E-state index is 0.142. The monoisotopic (exact) mass is 465 g/mol. The van der Waals surface area contributed by atoms with Crippen LogP contribution < -0.4 is 9.62 Å². The SMILES string of the molecule is CC(C)N(C)S(=O)(=O)c1ccc(CNC(=O)c2ccc(N3CCCS3(=O)=O)cc2)cc1. The molecule has 1 amide bonds. The molecule has 0 unspecified atom stereocenters. The summed E-state index contributed by atoms with van der Waals surface area (Å²) in [5.41, 5.74) is 1.73. The average Bonchev–Trinajstić information content (AvgIpc) is 3.10. The summed E-state index contributed by atoms with van der Waals surface area (Å²) in [4.78, 5) is 12.6. The van der Waals surface area contributed by atoms with Crippen molar-refractivity contribution in [1.29, 1.82) is 0 Å². The Morgan fingerprint density at radius 1 is 1.10 bits per heavy atom. The van der Waals surface area contributed by atoms with E-state index in [9.17, 15) is 21.6 Å². The molecule has 1 aliphatic heterocycles. The lowest BCUT2D eigenvalue weighted by Crippen LogP contribution is -2.33. The maximum atomic E-state index is 12.5. The Labute approximate surface area is 184 Å². The zero-order chi connectivity index (χ0) is 22.8. The van der Waals surface area contributed by atoms with Crippen molar-refractivity contribution in [3.63, 3.8) is 0 Å². The first-order valence-electron chi connectivity index (χ1n) is 9.98. The maximum absolute atomic E-state index is 12.5. The van der Waals surface area contributed by atoms with Crippen LogP contribution in [0.3, 0.4) is 0 Å². The molecule has 8 nitrogen and oxygen atoms in total. The topological polar surface area (TPSA) is 104 Å². The Morgan fingerprint density at radius 2 is 1.71 bits per heavy atom. The third-order valence-electron chi connectivity index (χ3n) is 5.30. The Bertz CT molecular complexity index is 1140. The lowest BCUT2D eigenvalue weighted by molar-refractivity contribution is 0.0951. The third kappa shape index (κ3) is 5.08. The largest absolute Gasteiger partial charge is 0.348 e. The molecular formula is C21H27N3O5S2. The van der Waals surface area contributed by atoms with Gasteiger partial charge in [-0.25, -0.2) is 16.8 Å². The molecule has 2 aromatic carbocycles. The van der Waals surface area contributed by atoms with E-state index in [2.05, 4.69) is 5.32 Å². The standard InChI is InChI=1S/C21H27N3O5S2/c1-16(2)23(3)31(28,29)20-11-5-17(6-12-20)15-22-21(25)18-7-9-19(10-8-18)24-13-4-14-30(24,26)27/h5-12,16H,4,13-15H2,1-3H3,(H,22,25). The van der Waals surface area contributed by atoms with Crippen LogP contribution in [0.4, 0.5) is 5.69 Å². The molecule has 0 radical (unpaired) electrons. The highest BCUT2D eigenvalue weighted by Crippen LogP contribution is 2.24. The third-order valence-corrected chi connectivity index (χ3v) is 9.21. The van der Waals surface area contributed by atoms with E-state index in [4.69, 9.17) is 0 Å². The first kappa shape index (κ1) is 23.2. The zero-order valence-electron chi connectivity index (χ0n) is 17.8. The molecule has 1 aliphatic rings. The molecule has 1 N–H and O–H groups in total. The molecule has 168 valence electrons. The van der Waals surface area contributed by atoms with Crippen molar-refractivity contribution in [3.05, 3.63) is 59.7 Å². The van der Waals surface area contributed by atoms with Crippen molar-refractivity contribution < 1.29 is 21.6 Å². The van der Waals surface area contributed by atoms with Gasteiger partial charge in [-0.15, -0.1) is 0 Å². The van der Waals surface area contributed by atoms with E-state index >= 15 is 0 Å². The molecule has 0 aliphatic carbocycles. The second kappa shape index (κ2) is 8.97. The Kier molecular flexibility index (Phi) is 6.73. The predicted molar refractivity (Wildman–Crippen MR) is 120 cm³/mol. The molecule has 0 spiro atoms. The number of anilines is 1. The minimum Gasteiger partial charge on any atom is -0.348 e. The van der Waals surface area contributed by atoms with Crippen molar-refractivity contribution in [2.45, 2.75) is 37.8 Å².